The third-order valence-corrected chi connectivity index (χ3v) is 3.93. The van der Waals surface area contributed by atoms with Gasteiger partial charge in [-0.3, -0.25) is 9.88 Å². The minimum atomic E-state index is 0.436. The Morgan fingerprint density at radius 3 is 3.00 bits per heavy atom. The largest absolute Gasteiger partial charge is 0.348 e. The first-order valence-corrected chi connectivity index (χ1v) is 6.98. The smallest absolute Gasteiger partial charge is 0.0925 e. The predicted octanol–water partition coefficient (Wildman–Crippen LogP) is 2.84. The number of nitrogens with one attached hydrogen (secondary N) is 1. The van der Waals surface area contributed by atoms with E-state index in [1.807, 2.05) is 12.3 Å². The van der Waals surface area contributed by atoms with Crippen LogP contribution in [-0.4, -0.2) is 26.4 Å². The molecule has 1 atom stereocenters. The number of likely N-dealkylation sites (tertiary alicyclic amines) is 1. The molecule has 0 aliphatic carbocycles. The zero-order valence-electron chi connectivity index (χ0n) is 11.3. The summed E-state index contributed by atoms with van der Waals surface area (Å²) in [5, 5.41) is 0. The Kier molecular flexibility index (Phi) is 3.60. The fourth-order valence-electron chi connectivity index (χ4n) is 2.83. The molecule has 0 aromatic carbocycles. The fraction of sp³-hybridized carbons (Fsp3) is 0.467. The molecule has 0 spiro atoms. The third kappa shape index (κ3) is 2.68. The number of aryl methyl sites for hydroxylation is 1. The molecule has 1 unspecified atom stereocenters. The van der Waals surface area contributed by atoms with E-state index in [2.05, 4.69) is 38.9 Å². The van der Waals surface area contributed by atoms with Gasteiger partial charge in [-0.15, -0.1) is 0 Å². The van der Waals surface area contributed by atoms with Crippen molar-refractivity contribution in [2.75, 3.05) is 6.54 Å². The van der Waals surface area contributed by atoms with E-state index in [0.717, 1.165) is 18.8 Å². The van der Waals surface area contributed by atoms with Crippen molar-refractivity contribution in [2.45, 2.75) is 38.8 Å². The Balaban J connectivity index is 1.80. The van der Waals surface area contributed by atoms with Gasteiger partial charge in [0, 0.05) is 18.4 Å². The highest BCUT2D eigenvalue weighted by atomic mass is 15.2. The molecule has 2 aromatic rings. The number of aromatic amines is 1. The molecule has 3 rings (SSSR count). The quantitative estimate of drug-likeness (QED) is 0.918. The highest BCUT2D eigenvalue weighted by Crippen LogP contribution is 2.30. The highest BCUT2D eigenvalue weighted by Gasteiger charge is 2.25. The average molecular weight is 256 g/mol. The van der Waals surface area contributed by atoms with Crippen molar-refractivity contribution < 1.29 is 0 Å². The van der Waals surface area contributed by atoms with Crippen LogP contribution in [0, 0.1) is 6.92 Å². The zero-order valence-corrected chi connectivity index (χ0v) is 11.3. The lowest BCUT2D eigenvalue weighted by Gasteiger charge is -2.35. The van der Waals surface area contributed by atoms with Crippen LogP contribution in [0.4, 0.5) is 0 Å². The number of aromatic nitrogens is 3. The summed E-state index contributed by atoms with van der Waals surface area (Å²) in [6.07, 6.45) is 7.43. The van der Waals surface area contributed by atoms with Gasteiger partial charge >= 0.3 is 0 Å². The van der Waals surface area contributed by atoms with Gasteiger partial charge in [0.05, 0.1) is 23.8 Å². The molecule has 100 valence electrons. The Morgan fingerprint density at radius 1 is 1.32 bits per heavy atom. The molecule has 4 heteroatoms. The first kappa shape index (κ1) is 12.4. The molecular weight excluding hydrogens is 236 g/mol. The summed E-state index contributed by atoms with van der Waals surface area (Å²) in [6.45, 7) is 4.13. The Hall–Kier alpha value is -1.68. The van der Waals surface area contributed by atoms with E-state index in [4.69, 9.17) is 0 Å². The van der Waals surface area contributed by atoms with E-state index in [9.17, 15) is 0 Å². The lowest BCUT2D eigenvalue weighted by molar-refractivity contribution is 0.135. The first-order chi connectivity index (χ1) is 9.34. The summed E-state index contributed by atoms with van der Waals surface area (Å²) in [6, 6.07) is 6.63. The van der Waals surface area contributed by atoms with Crippen LogP contribution in [0.25, 0.3) is 0 Å². The molecule has 0 saturated carbocycles. The zero-order chi connectivity index (χ0) is 13.1. The number of hydrogen-bond acceptors (Lipinski definition) is 3. The van der Waals surface area contributed by atoms with E-state index in [0.29, 0.717) is 6.04 Å². The normalized spacial score (nSPS) is 20.6. The van der Waals surface area contributed by atoms with E-state index in [1.54, 1.807) is 6.33 Å². The molecule has 2 aromatic heterocycles. The van der Waals surface area contributed by atoms with Crippen molar-refractivity contribution in [3.63, 3.8) is 0 Å². The number of nitrogens with zero attached hydrogens (tertiary/aromatic N) is 3. The lowest BCUT2D eigenvalue weighted by atomic mass is 9.98. The predicted molar refractivity (Wildman–Crippen MR) is 74.6 cm³/mol. The molecule has 1 aliphatic heterocycles. The topological polar surface area (TPSA) is 44.8 Å². The van der Waals surface area contributed by atoms with Crippen molar-refractivity contribution >= 4 is 0 Å². The second kappa shape index (κ2) is 5.53. The van der Waals surface area contributed by atoms with Crippen LogP contribution in [0.3, 0.4) is 0 Å². The van der Waals surface area contributed by atoms with Crippen LogP contribution in [0.1, 0.15) is 42.4 Å². The van der Waals surface area contributed by atoms with Crippen LogP contribution in [0.15, 0.2) is 30.7 Å². The fourth-order valence-corrected chi connectivity index (χ4v) is 2.83. The summed E-state index contributed by atoms with van der Waals surface area (Å²) < 4.78 is 0. The van der Waals surface area contributed by atoms with Gasteiger partial charge in [0.1, 0.15) is 0 Å². The van der Waals surface area contributed by atoms with Crippen molar-refractivity contribution in [3.8, 4) is 0 Å². The number of H-pyrrole nitrogens is 1. The molecule has 1 N–H and O–H groups in total. The number of imidazole rings is 1. The molecule has 1 fully saturated rings. The van der Waals surface area contributed by atoms with E-state index >= 15 is 0 Å². The van der Waals surface area contributed by atoms with Gasteiger partial charge in [-0.05, 0) is 38.4 Å². The van der Waals surface area contributed by atoms with Gasteiger partial charge in [0.25, 0.3) is 0 Å². The molecule has 1 saturated heterocycles. The molecule has 1 aliphatic rings. The molecular formula is C15H20N4. The molecule has 19 heavy (non-hydrogen) atoms. The van der Waals surface area contributed by atoms with Crippen LogP contribution >= 0.6 is 0 Å². The third-order valence-electron chi connectivity index (χ3n) is 3.93. The monoisotopic (exact) mass is 256 g/mol. The van der Waals surface area contributed by atoms with Gasteiger partial charge in [-0.1, -0.05) is 12.5 Å². The summed E-state index contributed by atoms with van der Waals surface area (Å²) >= 11 is 0. The second-order valence-corrected chi connectivity index (χ2v) is 5.21. The van der Waals surface area contributed by atoms with Crippen LogP contribution < -0.4 is 0 Å². The molecule has 3 heterocycles. The van der Waals surface area contributed by atoms with Crippen molar-refractivity contribution in [2.24, 2.45) is 0 Å². The minimum absolute atomic E-state index is 0.436. The number of piperidine rings is 1. The highest BCUT2D eigenvalue weighted by molar-refractivity contribution is 5.13. The van der Waals surface area contributed by atoms with Crippen LogP contribution in [0.5, 0.6) is 0 Å². The SMILES string of the molecule is Cc1[nH]cnc1CN1CCCCC1c1ccccn1. The number of pyridine rings is 1. The Labute approximate surface area is 113 Å². The van der Waals surface area contributed by atoms with E-state index < -0.39 is 0 Å². The number of hydrogen-bond donors (Lipinski definition) is 1. The van der Waals surface area contributed by atoms with Gasteiger partial charge < -0.3 is 4.98 Å². The van der Waals surface area contributed by atoms with Gasteiger partial charge in [0.2, 0.25) is 0 Å². The van der Waals surface area contributed by atoms with Crippen molar-refractivity contribution in [3.05, 3.63) is 47.8 Å². The average Bonchev–Trinajstić information content (AvgIpc) is 2.86. The maximum Gasteiger partial charge on any atom is 0.0925 e. The van der Waals surface area contributed by atoms with Crippen LogP contribution in [0.2, 0.25) is 0 Å². The van der Waals surface area contributed by atoms with Crippen LogP contribution in [-0.2, 0) is 6.54 Å². The first-order valence-electron chi connectivity index (χ1n) is 6.98. The molecule has 4 nitrogen and oxygen atoms in total. The summed E-state index contributed by atoms with van der Waals surface area (Å²) in [7, 11) is 0. The number of rotatable bonds is 3. The van der Waals surface area contributed by atoms with Gasteiger partial charge in [-0.2, -0.15) is 0 Å². The Bertz CT molecular complexity index is 520. The summed E-state index contributed by atoms with van der Waals surface area (Å²) in [5.41, 5.74) is 3.52. The molecule has 0 radical (unpaired) electrons. The van der Waals surface area contributed by atoms with Gasteiger partial charge in [-0.25, -0.2) is 4.98 Å². The van der Waals surface area contributed by atoms with Gasteiger partial charge in [0.15, 0.2) is 0 Å². The van der Waals surface area contributed by atoms with Crippen molar-refractivity contribution in [1.29, 1.82) is 0 Å². The van der Waals surface area contributed by atoms with E-state index in [1.165, 1.54) is 30.7 Å². The maximum absolute atomic E-state index is 4.53. The molecule has 0 bridgehead atoms. The lowest BCUT2D eigenvalue weighted by Crippen LogP contribution is -2.33. The molecule has 0 amide bonds. The van der Waals surface area contributed by atoms with Crippen molar-refractivity contribution in [1.82, 2.24) is 19.9 Å². The van der Waals surface area contributed by atoms with E-state index in [-0.39, 0.29) is 0 Å². The summed E-state index contributed by atoms with van der Waals surface area (Å²) in [4.78, 5) is 14.6. The maximum atomic E-state index is 4.53. The Morgan fingerprint density at radius 2 is 2.26 bits per heavy atom. The summed E-state index contributed by atoms with van der Waals surface area (Å²) in [5.74, 6) is 0. The second-order valence-electron chi connectivity index (χ2n) is 5.21. The standard InChI is InChI=1S/C15H20N4/c1-12-14(18-11-17-12)10-19-9-5-3-7-15(19)13-6-2-4-8-16-13/h2,4,6,8,11,15H,3,5,7,9-10H2,1H3,(H,17,18). The minimum Gasteiger partial charge on any atom is -0.348 e.